The molecule has 8 nitrogen and oxygen atoms in total. The molecule has 1 saturated heterocycles. The summed E-state index contributed by atoms with van der Waals surface area (Å²) >= 11 is 1.52. The highest BCUT2D eigenvalue weighted by molar-refractivity contribution is 7.17. The van der Waals surface area contributed by atoms with Crippen LogP contribution in [0.3, 0.4) is 0 Å². The summed E-state index contributed by atoms with van der Waals surface area (Å²) in [5, 5.41) is 7.85. The molecule has 0 saturated carbocycles. The fourth-order valence-corrected chi connectivity index (χ4v) is 6.32. The number of likely N-dealkylation sites (tertiary alicyclic amines) is 1. The highest BCUT2D eigenvalue weighted by Gasteiger charge is 2.31. The van der Waals surface area contributed by atoms with E-state index in [4.69, 9.17) is 9.26 Å². The van der Waals surface area contributed by atoms with E-state index >= 15 is 0 Å². The minimum absolute atomic E-state index is 0.0513. The number of hydrogen-bond donors (Lipinski definition) is 1. The lowest BCUT2D eigenvalue weighted by atomic mass is 9.95. The Morgan fingerprint density at radius 2 is 2.06 bits per heavy atom. The van der Waals surface area contributed by atoms with Crippen molar-refractivity contribution in [1.82, 2.24) is 15.0 Å². The van der Waals surface area contributed by atoms with Gasteiger partial charge in [-0.3, -0.25) is 9.69 Å². The summed E-state index contributed by atoms with van der Waals surface area (Å²) in [6.45, 7) is 4.00. The van der Waals surface area contributed by atoms with Gasteiger partial charge in [0, 0.05) is 17.0 Å². The number of piperidine rings is 1. The Labute approximate surface area is 208 Å². The van der Waals surface area contributed by atoms with Crippen LogP contribution in [0.1, 0.15) is 57.9 Å². The third-order valence-electron chi connectivity index (χ3n) is 6.89. The molecule has 0 bridgehead atoms. The summed E-state index contributed by atoms with van der Waals surface area (Å²) in [6, 6.07) is 7.95. The number of fused-ring (bicyclic) bond motifs is 1. The van der Waals surface area contributed by atoms with E-state index < -0.39 is 0 Å². The lowest BCUT2D eigenvalue weighted by molar-refractivity contribution is -0.121. The Morgan fingerprint density at radius 1 is 1.23 bits per heavy atom. The van der Waals surface area contributed by atoms with Crippen LogP contribution >= 0.6 is 11.3 Å². The Bertz CT molecular complexity index is 1230. The molecule has 1 unspecified atom stereocenters. The van der Waals surface area contributed by atoms with Gasteiger partial charge in [-0.2, -0.15) is 4.98 Å². The smallest absolute Gasteiger partial charge is 0.341 e. The minimum Gasteiger partial charge on any atom is -0.465 e. The maximum Gasteiger partial charge on any atom is 0.341 e. The first kappa shape index (κ1) is 23.7. The molecule has 0 radical (unpaired) electrons. The number of anilines is 1. The van der Waals surface area contributed by atoms with Gasteiger partial charge in [-0.05, 0) is 63.1 Å². The number of nitrogens with one attached hydrogen (secondary N) is 1. The number of rotatable bonds is 6. The largest absolute Gasteiger partial charge is 0.465 e. The van der Waals surface area contributed by atoms with Crippen molar-refractivity contribution in [3.63, 3.8) is 0 Å². The monoisotopic (exact) mass is 494 g/mol. The zero-order valence-electron chi connectivity index (χ0n) is 20.1. The van der Waals surface area contributed by atoms with Crippen LogP contribution in [-0.4, -0.2) is 47.1 Å². The average Bonchev–Trinajstić information content (AvgIpc) is 3.48. The number of aromatic nitrogens is 2. The van der Waals surface area contributed by atoms with Gasteiger partial charge in [0.05, 0.1) is 25.1 Å². The van der Waals surface area contributed by atoms with E-state index in [9.17, 15) is 9.59 Å². The second kappa shape index (κ2) is 10.3. The van der Waals surface area contributed by atoms with Gasteiger partial charge >= 0.3 is 5.97 Å². The molecule has 1 fully saturated rings. The molecule has 1 N–H and O–H groups in total. The third-order valence-corrected chi connectivity index (χ3v) is 8.09. The van der Waals surface area contributed by atoms with Crippen LogP contribution in [-0.2, 0) is 28.9 Å². The molecule has 3 aromatic rings. The van der Waals surface area contributed by atoms with Crippen molar-refractivity contribution in [3.8, 4) is 11.4 Å². The number of methoxy groups -OCH3 is 1. The Morgan fingerprint density at radius 3 is 2.89 bits per heavy atom. The van der Waals surface area contributed by atoms with Crippen LogP contribution in [0.25, 0.3) is 11.4 Å². The van der Waals surface area contributed by atoms with Crippen molar-refractivity contribution < 1.29 is 18.8 Å². The number of thiophene rings is 1. The number of esters is 1. The quantitative estimate of drug-likeness (QED) is 0.499. The summed E-state index contributed by atoms with van der Waals surface area (Å²) in [6.07, 6.45) is 5.69. The van der Waals surface area contributed by atoms with Gasteiger partial charge in [0.15, 0.2) is 0 Å². The van der Waals surface area contributed by atoms with E-state index in [0.717, 1.165) is 61.8 Å². The van der Waals surface area contributed by atoms with Crippen LogP contribution in [0.5, 0.6) is 0 Å². The van der Waals surface area contributed by atoms with Crippen molar-refractivity contribution in [2.75, 3.05) is 25.5 Å². The maximum absolute atomic E-state index is 13.2. The number of benzene rings is 1. The molecule has 1 aliphatic carbocycles. The van der Waals surface area contributed by atoms with E-state index in [2.05, 4.69) is 20.4 Å². The molecule has 3 heterocycles. The first-order chi connectivity index (χ1) is 17.0. The second-order valence-electron chi connectivity index (χ2n) is 9.30. The maximum atomic E-state index is 13.2. The summed E-state index contributed by atoms with van der Waals surface area (Å²) in [5.41, 5.74) is 3.65. The van der Waals surface area contributed by atoms with Crippen LogP contribution in [0.2, 0.25) is 0 Å². The first-order valence-electron chi connectivity index (χ1n) is 12.2. The van der Waals surface area contributed by atoms with Crippen molar-refractivity contribution in [2.45, 2.75) is 52.0 Å². The average molecular weight is 495 g/mol. The fourth-order valence-electron chi connectivity index (χ4n) is 5.04. The molecule has 2 aromatic heterocycles. The minimum atomic E-state index is -0.370. The topological polar surface area (TPSA) is 97.6 Å². The standard InChI is InChI=1S/C26H30N4O4S/c1-16-8-3-4-10-18(16)23-27-21(34-29-23)15-30-13-7-9-17(14-30)24(31)28-25-22(26(32)33-2)19-11-5-6-12-20(19)35-25/h3-4,8,10,17H,5-7,9,11-15H2,1-2H3,(H,28,31). The van der Waals surface area contributed by atoms with Gasteiger partial charge in [0.1, 0.15) is 5.00 Å². The molecule has 1 aromatic carbocycles. The Kier molecular flexibility index (Phi) is 6.97. The van der Waals surface area contributed by atoms with Crippen LogP contribution in [0, 0.1) is 12.8 Å². The molecule has 1 aliphatic heterocycles. The summed E-state index contributed by atoms with van der Waals surface area (Å²) in [4.78, 5) is 33.7. The zero-order chi connectivity index (χ0) is 24.4. The van der Waals surface area contributed by atoms with Crippen molar-refractivity contribution in [2.24, 2.45) is 5.92 Å². The molecular weight excluding hydrogens is 464 g/mol. The van der Waals surface area contributed by atoms with Gasteiger partial charge in [0.2, 0.25) is 17.6 Å². The summed E-state index contributed by atoms with van der Waals surface area (Å²) < 4.78 is 10.6. The summed E-state index contributed by atoms with van der Waals surface area (Å²) in [7, 11) is 1.39. The molecule has 1 atom stereocenters. The normalized spacial score (nSPS) is 18.2. The number of amides is 1. The predicted octanol–water partition coefficient (Wildman–Crippen LogP) is 4.62. The first-order valence-corrected chi connectivity index (χ1v) is 13.0. The lowest BCUT2D eigenvalue weighted by Crippen LogP contribution is -2.40. The number of aryl methyl sites for hydroxylation is 2. The lowest BCUT2D eigenvalue weighted by Gasteiger charge is -2.30. The second-order valence-corrected chi connectivity index (χ2v) is 10.4. The van der Waals surface area contributed by atoms with Crippen LogP contribution in [0.15, 0.2) is 28.8 Å². The van der Waals surface area contributed by atoms with Gasteiger partial charge in [-0.25, -0.2) is 4.79 Å². The highest BCUT2D eigenvalue weighted by atomic mass is 32.1. The van der Waals surface area contributed by atoms with Crippen LogP contribution in [0.4, 0.5) is 5.00 Å². The molecule has 184 valence electrons. The fraction of sp³-hybridized carbons (Fsp3) is 0.462. The molecular formula is C26H30N4O4S. The van der Waals surface area contributed by atoms with Gasteiger partial charge in [0.25, 0.3) is 0 Å². The number of ether oxygens (including phenoxy) is 1. The molecule has 35 heavy (non-hydrogen) atoms. The van der Waals surface area contributed by atoms with Crippen molar-refractivity contribution in [1.29, 1.82) is 0 Å². The number of nitrogens with zero attached hydrogens (tertiary/aromatic N) is 3. The van der Waals surface area contributed by atoms with Gasteiger partial charge in [-0.1, -0.05) is 29.4 Å². The zero-order valence-corrected chi connectivity index (χ0v) is 21.0. The number of carbonyl (C=O) groups is 2. The highest BCUT2D eigenvalue weighted by Crippen LogP contribution is 2.39. The van der Waals surface area contributed by atoms with Crippen LogP contribution < -0.4 is 5.32 Å². The van der Waals surface area contributed by atoms with E-state index in [0.29, 0.717) is 35.4 Å². The van der Waals surface area contributed by atoms with Crippen molar-refractivity contribution in [3.05, 3.63) is 51.7 Å². The molecule has 0 spiro atoms. The van der Waals surface area contributed by atoms with Gasteiger partial charge < -0.3 is 14.6 Å². The van der Waals surface area contributed by atoms with E-state index in [1.54, 1.807) is 0 Å². The Hall–Kier alpha value is -3.04. The van der Waals surface area contributed by atoms with Crippen molar-refractivity contribution >= 4 is 28.2 Å². The number of hydrogen-bond acceptors (Lipinski definition) is 8. The third kappa shape index (κ3) is 5.01. The van der Waals surface area contributed by atoms with E-state index in [1.165, 1.54) is 23.3 Å². The van der Waals surface area contributed by atoms with E-state index in [-0.39, 0.29) is 17.8 Å². The molecule has 5 rings (SSSR count). The Balaban J connectivity index is 1.25. The molecule has 9 heteroatoms. The molecule has 2 aliphatic rings. The summed E-state index contributed by atoms with van der Waals surface area (Å²) in [5.74, 6) is 0.534. The molecule has 1 amide bonds. The SMILES string of the molecule is COC(=O)c1c(NC(=O)C2CCCN(Cc3nc(-c4ccccc4C)no3)C2)sc2c1CCCC2. The van der Waals surface area contributed by atoms with E-state index in [1.807, 2.05) is 31.2 Å². The predicted molar refractivity (Wildman–Crippen MR) is 133 cm³/mol. The number of carbonyl (C=O) groups excluding carboxylic acids is 2. The van der Waals surface area contributed by atoms with Gasteiger partial charge in [-0.15, -0.1) is 11.3 Å².